The third kappa shape index (κ3) is 6.24. The molecule has 0 amide bonds. The van der Waals surface area contributed by atoms with E-state index in [0.29, 0.717) is 6.61 Å². The molecular formula is C36H38IrN8O-2. The number of para-hydroxylation sites is 6. The Bertz CT molecular complexity index is 1890. The zero-order chi connectivity index (χ0) is 29.3. The number of nitrogens with zero attached hydrogens (tertiary/aromatic N) is 8. The second-order valence-corrected chi connectivity index (χ2v) is 10.2. The van der Waals surface area contributed by atoms with E-state index in [2.05, 4.69) is 28.1 Å². The van der Waals surface area contributed by atoms with Gasteiger partial charge in [-0.3, -0.25) is 4.90 Å². The second-order valence-electron chi connectivity index (χ2n) is 10.2. The summed E-state index contributed by atoms with van der Waals surface area (Å²) >= 11 is 0. The van der Waals surface area contributed by atoms with Gasteiger partial charge >= 0.3 is 0 Å². The molecule has 0 bridgehead atoms. The molecule has 2 aromatic heterocycles. The average Bonchev–Trinajstić information content (AvgIpc) is 3.52. The zero-order valence-corrected chi connectivity index (χ0v) is 26.9. The number of hydrogen-bond acceptors (Lipinski definition) is 9. The molecule has 0 aliphatic carbocycles. The van der Waals surface area contributed by atoms with Gasteiger partial charge in [0.05, 0.1) is 22.1 Å². The van der Waals surface area contributed by atoms with Crippen LogP contribution < -0.4 is 19.6 Å². The van der Waals surface area contributed by atoms with Crippen molar-refractivity contribution in [2.75, 3.05) is 40.3 Å². The van der Waals surface area contributed by atoms with Gasteiger partial charge in [-0.15, -0.1) is 12.4 Å². The molecule has 0 spiro atoms. The van der Waals surface area contributed by atoms with Crippen LogP contribution >= 0.6 is 0 Å². The van der Waals surface area contributed by atoms with Crippen molar-refractivity contribution < 1.29 is 24.8 Å². The van der Waals surface area contributed by atoms with E-state index in [1.807, 2.05) is 133 Å². The fourth-order valence-electron chi connectivity index (χ4n) is 5.31. The topological polar surface area (TPSA) is 73.8 Å². The van der Waals surface area contributed by atoms with Crippen molar-refractivity contribution in [3.63, 3.8) is 0 Å². The molecule has 0 saturated carbocycles. The Balaban J connectivity index is 0.000000197. The summed E-state index contributed by atoms with van der Waals surface area (Å²) in [5.41, 5.74) is 5.59. The quantitative estimate of drug-likeness (QED) is 0.166. The Kier molecular flexibility index (Phi) is 10.9. The van der Waals surface area contributed by atoms with Crippen molar-refractivity contribution in [1.29, 1.82) is 0 Å². The number of hydrogen-bond donors (Lipinski definition) is 0. The number of anilines is 6. The summed E-state index contributed by atoms with van der Waals surface area (Å²) in [5.74, 6) is 3.37. The van der Waals surface area contributed by atoms with Crippen LogP contribution in [0.4, 0.5) is 34.6 Å². The van der Waals surface area contributed by atoms with Gasteiger partial charge in [-0.25, -0.2) is 19.9 Å². The average molecular weight is 791 g/mol. The van der Waals surface area contributed by atoms with Gasteiger partial charge in [-0.05, 0) is 50.4 Å². The first-order valence-corrected chi connectivity index (χ1v) is 14.2. The van der Waals surface area contributed by atoms with Crippen molar-refractivity contribution in [1.82, 2.24) is 19.9 Å². The second kappa shape index (κ2) is 14.6. The first kappa shape index (κ1) is 34.2. The van der Waals surface area contributed by atoms with E-state index in [4.69, 9.17) is 19.7 Å². The first-order chi connectivity index (χ1) is 21.1. The number of fused-ring (bicyclic) bond motifs is 4. The van der Waals surface area contributed by atoms with Gasteiger partial charge in [-0.2, -0.15) is 30.3 Å². The van der Waals surface area contributed by atoms with Crippen LogP contribution in [0.2, 0.25) is 0 Å². The summed E-state index contributed by atoms with van der Waals surface area (Å²) in [5, 5.41) is 0. The largest absolute Gasteiger partial charge is 0.487 e. The smallest absolute Gasteiger partial charge is 0.216 e. The minimum atomic E-state index is -0.241. The van der Waals surface area contributed by atoms with Crippen molar-refractivity contribution in [2.24, 2.45) is 0 Å². The summed E-state index contributed by atoms with van der Waals surface area (Å²) in [6, 6.07) is 37.1. The Hall–Kier alpha value is -4.63. The van der Waals surface area contributed by atoms with E-state index >= 15 is 0 Å². The van der Waals surface area contributed by atoms with Gasteiger partial charge in [0.1, 0.15) is 11.6 Å². The van der Waals surface area contributed by atoms with Gasteiger partial charge in [0.15, 0.2) is 11.6 Å². The molecule has 6 aromatic rings. The van der Waals surface area contributed by atoms with Crippen LogP contribution in [-0.2, 0) is 24.8 Å². The minimum Gasteiger partial charge on any atom is -0.487 e. The van der Waals surface area contributed by atoms with Crippen LogP contribution in [0.1, 0.15) is 21.8 Å². The summed E-state index contributed by atoms with van der Waals surface area (Å²) in [7, 11) is 3.97. The van der Waals surface area contributed by atoms with E-state index in [0.717, 1.165) is 56.7 Å². The fourth-order valence-corrected chi connectivity index (χ4v) is 5.31. The molecule has 1 radical (unpaired) electrons. The molecule has 4 aromatic carbocycles. The summed E-state index contributed by atoms with van der Waals surface area (Å²) < 4.78 is 5.96. The summed E-state index contributed by atoms with van der Waals surface area (Å²) in [6.07, 6.45) is -0.241. The molecule has 2 aliphatic heterocycles. The fraction of sp³-hybridized carbons (Fsp3) is 0.194. The molecule has 46 heavy (non-hydrogen) atoms. The molecule has 0 fully saturated rings. The van der Waals surface area contributed by atoms with Crippen LogP contribution in [0.15, 0.2) is 103 Å². The molecule has 2 aliphatic rings. The Morgan fingerprint density at radius 1 is 0.674 bits per heavy atom. The number of rotatable bonds is 4. The maximum Gasteiger partial charge on any atom is 0.216 e. The summed E-state index contributed by atoms with van der Waals surface area (Å²) in [6.45, 7) is 4.60. The van der Waals surface area contributed by atoms with E-state index in [9.17, 15) is 0 Å². The van der Waals surface area contributed by atoms with E-state index in [1.165, 1.54) is 0 Å². The molecular weight excluding hydrogens is 753 g/mol. The SMILES string of the molecule is C.C.CCOC1N(C)c2nc3ccccc3nc2N1c1ccccc1.CN1[CH-]N(c2[c-]cccc2)c2nc3ccccc3nc21.[Ir]. The normalized spacial score (nSPS) is 14.5. The Labute approximate surface area is 284 Å². The number of benzene rings is 4. The summed E-state index contributed by atoms with van der Waals surface area (Å²) in [4.78, 5) is 27.2. The molecule has 10 heteroatoms. The number of ether oxygens (including phenoxy) is 1. The van der Waals surface area contributed by atoms with Crippen molar-refractivity contribution in [3.05, 3.63) is 116 Å². The first-order valence-electron chi connectivity index (χ1n) is 14.2. The van der Waals surface area contributed by atoms with E-state index in [-0.39, 0.29) is 41.3 Å². The van der Waals surface area contributed by atoms with Crippen LogP contribution in [0, 0.1) is 12.7 Å². The minimum absolute atomic E-state index is 0. The third-order valence-electron chi connectivity index (χ3n) is 7.34. The van der Waals surface area contributed by atoms with E-state index < -0.39 is 0 Å². The van der Waals surface area contributed by atoms with Gasteiger partial charge in [0.25, 0.3) is 0 Å². The Morgan fingerprint density at radius 3 is 1.76 bits per heavy atom. The zero-order valence-electron chi connectivity index (χ0n) is 24.5. The molecule has 0 saturated heterocycles. The molecule has 4 heterocycles. The maximum atomic E-state index is 5.96. The predicted octanol–water partition coefficient (Wildman–Crippen LogP) is 7.94. The van der Waals surface area contributed by atoms with Crippen LogP contribution in [0.25, 0.3) is 22.1 Å². The molecule has 1 unspecified atom stereocenters. The predicted molar refractivity (Wildman–Crippen MR) is 185 cm³/mol. The van der Waals surface area contributed by atoms with Gasteiger partial charge in [-0.1, -0.05) is 57.3 Å². The van der Waals surface area contributed by atoms with Crippen LogP contribution in [0.5, 0.6) is 0 Å². The van der Waals surface area contributed by atoms with Crippen molar-refractivity contribution in [3.8, 4) is 0 Å². The van der Waals surface area contributed by atoms with E-state index in [1.54, 1.807) is 0 Å². The molecule has 9 nitrogen and oxygen atoms in total. The third-order valence-corrected chi connectivity index (χ3v) is 7.34. The number of aromatic nitrogens is 4. The monoisotopic (exact) mass is 791 g/mol. The molecule has 0 N–H and O–H groups in total. The Morgan fingerprint density at radius 2 is 1.20 bits per heavy atom. The molecule has 8 rings (SSSR count). The maximum absolute atomic E-state index is 5.96. The standard InChI is InChI=1S/C18H18N4O.C16H12N4.2CH4.Ir/c1-3-23-18-21(2)16-17(22(18)13-9-5-4-6-10-13)20-15-12-8-7-11-14(15)19-16;1-19-11-20(12-7-3-2-4-8-12)16-15(19)17-13-9-5-6-10-14(13)18-16;;;/h4-12,18H,3H2,1-2H3;2-7,9-11H,1H3;2*1H4;/q;-2;;;. The van der Waals surface area contributed by atoms with Crippen LogP contribution in [-0.4, -0.2) is 47.0 Å². The molecule has 239 valence electrons. The van der Waals surface area contributed by atoms with Crippen LogP contribution in [0.3, 0.4) is 0 Å². The van der Waals surface area contributed by atoms with Gasteiger partial charge in [0, 0.05) is 39.4 Å². The molecule has 1 atom stereocenters. The van der Waals surface area contributed by atoms with Gasteiger partial charge in [0.2, 0.25) is 6.35 Å². The van der Waals surface area contributed by atoms with Gasteiger partial charge < -0.3 is 19.4 Å². The van der Waals surface area contributed by atoms with Crippen molar-refractivity contribution >= 4 is 56.7 Å². The van der Waals surface area contributed by atoms with Crippen molar-refractivity contribution in [2.45, 2.75) is 28.1 Å².